The molecule has 1 fully saturated rings. The van der Waals surface area contributed by atoms with Gasteiger partial charge >= 0.3 is 5.97 Å². The summed E-state index contributed by atoms with van der Waals surface area (Å²) in [6.07, 6.45) is 2.80. The number of rotatable bonds is 3. The number of piperidine rings is 1. The lowest BCUT2D eigenvalue weighted by Crippen LogP contribution is -2.47. The first-order valence-corrected chi connectivity index (χ1v) is 7.52. The number of hydrogen-bond acceptors (Lipinski definition) is 3. The molecule has 112 valence electrons. The molecule has 2 N–H and O–H groups in total. The fourth-order valence-electron chi connectivity index (χ4n) is 3.41. The minimum absolute atomic E-state index is 0.0491. The smallest absolute Gasteiger partial charge is 0.305 e. The van der Waals surface area contributed by atoms with Crippen molar-refractivity contribution < 1.29 is 14.7 Å². The molecule has 1 aromatic rings. The maximum Gasteiger partial charge on any atom is 0.305 e. The van der Waals surface area contributed by atoms with E-state index in [2.05, 4.69) is 5.32 Å². The SMILES string of the molecule is O=C(O)CC1CCCCN1C(=O)C1CNc2ccccc21. The summed E-state index contributed by atoms with van der Waals surface area (Å²) in [5, 5.41) is 12.3. The summed E-state index contributed by atoms with van der Waals surface area (Å²) in [6.45, 7) is 1.28. The number of hydrogen-bond donors (Lipinski definition) is 2. The van der Waals surface area contributed by atoms with Gasteiger partial charge in [-0.1, -0.05) is 18.2 Å². The summed E-state index contributed by atoms with van der Waals surface area (Å²) in [6, 6.07) is 7.70. The van der Waals surface area contributed by atoms with Crippen LogP contribution in [0.4, 0.5) is 5.69 Å². The van der Waals surface area contributed by atoms with E-state index in [1.807, 2.05) is 24.3 Å². The molecule has 0 saturated carbocycles. The van der Waals surface area contributed by atoms with Crippen molar-refractivity contribution >= 4 is 17.6 Å². The van der Waals surface area contributed by atoms with Crippen LogP contribution in [0.5, 0.6) is 0 Å². The molecule has 0 aliphatic carbocycles. The second-order valence-corrected chi connectivity index (χ2v) is 5.80. The Balaban J connectivity index is 1.79. The second kappa shape index (κ2) is 5.76. The van der Waals surface area contributed by atoms with Gasteiger partial charge in [0.15, 0.2) is 0 Å². The predicted molar refractivity (Wildman–Crippen MR) is 79.3 cm³/mol. The van der Waals surface area contributed by atoms with Crippen molar-refractivity contribution in [2.45, 2.75) is 37.6 Å². The largest absolute Gasteiger partial charge is 0.481 e. The van der Waals surface area contributed by atoms with Gasteiger partial charge in [-0.3, -0.25) is 9.59 Å². The molecule has 2 atom stereocenters. The van der Waals surface area contributed by atoms with Gasteiger partial charge < -0.3 is 15.3 Å². The highest BCUT2D eigenvalue weighted by atomic mass is 16.4. The van der Waals surface area contributed by atoms with E-state index in [9.17, 15) is 9.59 Å². The standard InChI is InChI=1S/C16H20N2O3/c19-15(20)9-11-5-3-4-8-18(11)16(21)13-10-17-14-7-2-1-6-12(13)14/h1-2,6-7,11,13,17H,3-5,8-10H2,(H,19,20). The van der Waals surface area contributed by atoms with Crippen LogP contribution >= 0.6 is 0 Å². The van der Waals surface area contributed by atoms with Crippen LogP contribution in [0.1, 0.15) is 37.2 Å². The number of benzene rings is 1. The van der Waals surface area contributed by atoms with Gasteiger partial charge in [0, 0.05) is 24.8 Å². The molecule has 2 unspecified atom stereocenters. The molecule has 5 nitrogen and oxygen atoms in total. The van der Waals surface area contributed by atoms with Crippen molar-refractivity contribution in [1.29, 1.82) is 0 Å². The van der Waals surface area contributed by atoms with Crippen LogP contribution in [0, 0.1) is 0 Å². The molecule has 1 aromatic carbocycles. The summed E-state index contributed by atoms with van der Waals surface area (Å²) in [7, 11) is 0. The molecular weight excluding hydrogens is 268 g/mol. The van der Waals surface area contributed by atoms with Crippen LogP contribution in [0.2, 0.25) is 0 Å². The average molecular weight is 288 g/mol. The first-order valence-electron chi connectivity index (χ1n) is 7.52. The molecule has 1 amide bonds. The monoisotopic (exact) mass is 288 g/mol. The zero-order valence-corrected chi connectivity index (χ0v) is 11.9. The number of carboxylic acid groups (broad SMARTS) is 1. The zero-order valence-electron chi connectivity index (χ0n) is 11.9. The number of likely N-dealkylation sites (tertiary alicyclic amines) is 1. The van der Waals surface area contributed by atoms with E-state index in [1.165, 1.54) is 0 Å². The molecular formula is C16H20N2O3. The summed E-state index contributed by atoms with van der Waals surface area (Å²) in [5.74, 6) is -0.946. The lowest BCUT2D eigenvalue weighted by atomic mass is 9.94. The van der Waals surface area contributed by atoms with E-state index in [4.69, 9.17) is 5.11 Å². The molecule has 0 spiro atoms. The number of nitrogens with zero attached hydrogens (tertiary/aromatic N) is 1. The zero-order chi connectivity index (χ0) is 14.8. The molecule has 0 bridgehead atoms. The highest BCUT2D eigenvalue weighted by molar-refractivity contribution is 5.88. The number of nitrogens with one attached hydrogen (secondary N) is 1. The van der Waals surface area contributed by atoms with Crippen molar-refractivity contribution in [3.63, 3.8) is 0 Å². The maximum absolute atomic E-state index is 12.8. The fourth-order valence-corrected chi connectivity index (χ4v) is 3.41. The Hall–Kier alpha value is -2.04. The van der Waals surface area contributed by atoms with Crippen LogP contribution in [0.3, 0.4) is 0 Å². The summed E-state index contributed by atoms with van der Waals surface area (Å²) in [4.78, 5) is 25.7. The fraction of sp³-hybridized carbons (Fsp3) is 0.500. The first-order chi connectivity index (χ1) is 10.2. The molecule has 5 heteroatoms. The number of aliphatic carboxylic acids is 1. The number of carboxylic acids is 1. The molecule has 1 saturated heterocycles. The molecule has 2 aliphatic heterocycles. The quantitative estimate of drug-likeness (QED) is 0.893. The molecule has 0 aromatic heterocycles. The Morgan fingerprint density at radius 2 is 2.10 bits per heavy atom. The van der Waals surface area contributed by atoms with Crippen molar-refractivity contribution in [3.8, 4) is 0 Å². The van der Waals surface area contributed by atoms with Crippen LogP contribution in [-0.4, -0.2) is 41.0 Å². The Morgan fingerprint density at radius 3 is 2.90 bits per heavy atom. The maximum atomic E-state index is 12.8. The van der Waals surface area contributed by atoms with Gasteiger partial charge in [-0.05, 0) is 30.9 Å². The van der Waals surface area contributed by atoms with Gasteiger partial charge in [0.1, 0.15) is 0 Å². The molecule has 2 heterocycles. The number of amides is 1. The molecule has 0 radical (unpaired) electrons. The molecule has 2 aliphatic rings. The normalized spacial score (nSPS) is 24.3. The highest BCUT2D eigenvalue weighted by Gasteiger charge is 2.36. The van der Waals surface area contributed by atoms with E-state index in [-0.39, 0.29) is 24.3 Å². The molecule has 3 rings (SSSR count). The van der Waals surface area contributed by atoms with Crippen LogP contribution < -0.4 is 5.32 Å². The first kappa shape index (κ1) is 13.9. The summed E-state index contributed by atoms with van der Waals surface area (Å²) in [5.41, 5.74) is 2.05. The van der Waals surface area contributed by atoms with E-state index in [0.29, 0.717) is 13.1 Å². The van der Waals surface area contributed by atoms with Gasteiger partial charge in [0.25, 0.3) is 0 Å². The lowest BCUT2D eigenvalue weighted by Gasteiger charge is -2.36. The molecule has 21 heavy (non-hydrogen) atoms. The van der Waals surface area contributed by atoms with Gasteiger partial charge in [-0.15, -0.1) is 0 Å². The van der Waals surface area contributed by atoms with Crippen molar-refractivity contribution in [2.75, 3.05) is 18.4 Å². The van der Waals surface area contributed by atoms with Crippen molar-refractivity contribution in [2.24, 2.45) is 0 Å². The van der Waals surface area contributed by atoms with Crippen LogP contribution in [-0.2, 0) is 9.59 Å². The third-order valence-corrected chi connectivity index (χ3v) is 4.45. The topological polar surface area (TPSA) is 69.6 Å². The van der Waals surface area contributed by atoms with Gasteiger partial charge in [0.05, 0.1) is 12.3 Å². The average Bonchev–Trinajstić information content (AvgIpc) is 2.90. The van der Waals surface area contributed by atoms with Crippen LogP contribution in [0.15, 0.2) is 24.3 Å². The van der Waals surface area contributed by atoms with Crippen molar-refractivity contribution in [3.05, 3.63) is 29.8 Å². The van der Waals surface area contributed by atoms with E-state index >= 15 is 0 Å². The summed E-state index contributed by atoms with van der Waals surface area (Å²) < 4.78 is 0. The van der Waals surface area contributed by atoms with E-state index in [1.54, 1.807) is 4.90 Å². The minimum atomic E-state index is -0.829. The Labute approximate surface area is 123 Å². The third kappa shape index (κ3) is 2.73. The third-order valence-electron chi connectivity index (χ3n) is 4.45. The van der Waals surface area contributed by atoms with E-state index in [0.717, 1.165) is 30.5 Å². The summed E-state index contributed by atoms with van der Waals surface area (Å²) >= 11 is 0. The minimum Gasteiger partial charge on any atom is -0.481 e. The number of carbonyl (C=O) groups excluding carboxylic acids is 1. The van der Waals surface area contributed by atoms with Gasteiger partial charge in [-0.2, -0.15) is 0 Å². The number of para-hydroxylation sites is 1. The Kier molecular flexibility index (Phi) is 3.82. The second-order valence-electron chi connectivity index (χ2n) is 5.80. The van der Waals surface area contributed by atoms with E-state index < -0.39 is 5.97 Å². The van der Waals surface area contributed by atoms with Crippen molar-refractivity contribution in [1.82, 2.24) is 4.90 Å². The number of fused-ring (bicyclic) bond motifs is 1. The highest BCUT2D eigenvalue weighted by Crippen LogP contribution is 2.34. The van der Waals surface area contributed by atoms with Crippen LogP contribution in [0.25, 0.3) is 0 Å². The Bertz CT molecular complexity index is 558. The number of anilines is 1. The van der Waals surface area contributed by atoms with Gasteiger partial charge in [0.2, 0.25) is 5.91 Å². The number of carbonyl (C=O) groups is 2. The predicted octanol–water partition coefficient (Wildman–Crippen LogP) is 2.05. The Morgan fingerprint density at radius 1 is 1.29 bits per heavy atom. The lowest BCUT2D eigenvalue weighted by molar-refractivity contribution is -0.142. The van der Waals surface area contributed by atoms with Gasteiger partial charge in [-0.25, -0.2) is 0 Å².